The van der Waals surface area contributed by atoms with E-state index in [1.165, 1.54) is 4.88 Å². The molecule has 7 heteroatoms. The lowest BCUT2D eigenvalue weighted by atomic mass is 10.3. The second-order valence-electron chi connectivity index (χ2n) is 5.70. The van der Waals surface area contributed by atoms with Crippen LogP contribution in [0.2, 0.25) is 0 Å². The van der Waals surface area contributed by atoms with E-state index >= 15 is 0 Å². The molecule has 0 aliphatic carbocycles. The highest BCUT2D eigenvalue weighted by atomic mass is 32.1. The number of aryl methyl sites for hydroxylation is 2. The highest BCUT2D eigenvalue weighted by Crippen LogP contribution is 2.15. The van der Waals surface area contributed by atoms with E-state index < -0.39 is 0 Å². The van der Waals surface area contributed by atoms with Crippen LogP contribution in [0, 0.1) is 13.8 Å². The number of hydrogen-bond acceptors (Lipinski definition) is 5. The van der Waals surface area contributed by atoms with Gasteiger partial charge in [0.25, 0.3) is 0 Å². The van der Waals surface area contributed by atoms with Gasteiger partial charge in [-0.2, -0.15) is 0 Å². The fourth-order valence-corrected chi connectivity index (χ4v) is 3.45. The maximum Gasteiger partial charge on any atom is 0.323 e. The molecule has 0 unspecified atom stereocenters. The Bertz CT molecular complexity index is 679. The van der Waals surface area contributed by atoms with Gasteiger partial charge >= 0.3 is 6.03 Å². The number of hydrogen-bond donors (Lipinski definition) is 1. The number of rotatable bonds is 3. The standard InChI is InChI=1S/C16H21N5OS/c1-12-4-3-5-15(18-12)19-16(22)21-8-6-20(7-9-21)11-14-10-17-13(2)23-14/h3-5,10H,6-9,11H2,1-2H3,(H,18,19,22). The maximum atomic E-state index is 12.3. The Balaban J connectivity index is 1.49. The summed E-state index contributed by atoms with van der Waals surface area (Å²) in [6, 6.07) is 5.55. The van der Waals surface area contributed by atoms with Crippen LogP contribution in [0.3, 0.4) is 0 Å². The van der Waals surface area contributed by atoms with E-state index in [0.717, 1.165) is 43.4 Å². The number of urea groups is 1. The SMILES string of the molecule is Cc1cccc(NC(=O)N2CCN(Cc3cnc(C)s3)CC2)n1. The average molecular weight is 331 g/mol. The lowest BCUT2D eigenvalue weighted by Gasteiger charge is -2.34. The second-order valence-corrected chi connectivity index (χ2v) is 7.02. The minimum absolute atomic E-state index is 0.0728. The van der Waals surface area contributed by atoms with Crippen molar-refractivity contribution in [2.45, 2.75) is 20.4 Å². The van der Waals surface area contributed by atoms with E-state index in [0.29, 0.717) is 5.82 Å². The molecule has 3 rings (SSSR count). The number of aromatic nitrogens is 2. The zero-order valence-electron chi connectivity index (χ0n) is 13.5. The smallest absolute Gasteiger partial charge is 0.322 e. The largest absolute Gasteiger partial charge is 0.323 e. The van der Waals surface area contributed by atoms with Crippen molar-refractivity contribution >= 4 is 23.2 Å². The summed E-state index contributed by atoms with van der Waals surface area (Å²) in [6.45, 7) is 8.08. The van der Waals surface area contributed by atoms with Gasteiger partial charge in [-0.1, -0.05) is 6.07 Å². The van der Waals surface area contributed by atoms with Crippen molar-refractivity contribution in [3.63, 3.8) is 0 Å². The Labute approximate surface area is 140 Å². The molecule has 3 heterocycles. The summed E-state index contributed by atoms with van der Waals surface area (Å²) in [5, 5.41) is 3.97. The summed E-state index contributed by atoms with van der Waals surface area (Å²) in [5.74, 6) is 0.609. The van der Waals surface area contributed by atoms with Crippen LogP contribution in [0.25, 0.3) is 0 Å². The van der Waals surface area contributed by atoms with Gasteiger partial charge in [-0.25, -0.2) is 14.8 Å². The lowest BCUT2D eigenvalue weighted by Crippen LogP contribution is -2.49. The molecule has 0 bridgehead atoms. The van der Waals surface area contributed by atoms with Gasteiger partial charge in [0, 0.05) is 49.5 Å². The summed E-state index contributed by atoms with van der Waals surface area (Å²) in [6.07, 6.45) is 1.95. The number of piperazine rings is 1. The van der Waals surface area contributed by atoms with Gasteiger partial charge < -0.3 is 4.90 Å². The Hall–Kier alpha value is -1.99. The monoisotopic (exact) mass is 331 g/mol. The van der Waals surface area contributed by atoms with Crippen LogP contribution < -0.4 is 5.32 Å². The fraction of sp³-hybridized carbons (Fsp3) is 0.438. The van der Waals surface area contributed by atoms with E-state index in [1.54, 1.807) is 11.3 Å². The first-order valence-corrected chi connectivity index (χ1v) is 8.55. The molecule has 1 saturated heterocycles. The Morgan fingerprint density at radius 2 is 2.04 bits per heavy atom. The van der Waals surface area contributed by atoms with Crippen molar-refractivity contribution in [2.75, 3.05) is 31.5 Å². The summed E-state index contributed by atoms with van der Waals surface area (Å²) in [4.78, 5) is 26.4. The molecule has 2 amide bonds. The first-order valence-electron chi connectivity index (χ1n) is 7.73. The normalized spacial score (nSPS) is 15.7. The Morgan fingerprint density at radius 3 is 2.70 bits per heavy atom. The van der Waals surface area contributed by atoms with Gasteiger partial charge in [0.1, 0.15) is 5.82 Å². The van der Waals surface area contributed by atoms with Crippen molar-refractivity contribution in [3.8, 4) is 0 Å². The molecule has 1 aliphatic rings. The maximum absolute atomic E-state index is 12.3. The Morgan fingerprint density at radius 1 is 1.26 bits per heavy atom. The van der Waals surface area contributed by atoms with Gasteiger partial charge in [0.2, 0.25) is 0 Å². The number of nitrogens with one attached hydrogen (secondary N) is 1. The van der Waals surface area contributed by atoms with Gasteiger partial charge in [-0.15, -0.1) is 11.3 Å². The molecule has 1 fully saturated rings. The first kappa shape index (κ1) is 15.9. The molecule has 23 heavy (non-hydrogen) atoms. The van der Waals surface area contributed by atoms with Gasteiger partial charge in [0.05, 0.1) is 5.01 Å². The number of amides is 2. The predicted octanol–water partition coefficient (Wildman–Crippen LogP) is 2.50. The van der Waals surface area contributed by atoms with Gasteiger partial charge in [-0.05, 0) is 26.0 Å². The van der Waals surface area contributed by atoms with Crippen LogP contribution in [0.1, 0.15) is 15.6 Å². The average Bonchev–Trinajstić information content (AvgIpc) is 2.93. The zero-order valence-corrected chi connectivity index (χ0v) is 14.3. The third kappa shape index (κ3) is 4.27. The van der Waals surface area contributed by atoms with Crippen molar-refractivity contribution in [1.82, 2.24) is 19.8 Å². The summed E-state index contributed by atoms with van der Waals surface area (Å²) in [5.41, 5.74) is 0.896. The third-order valence-electron chi connectivity index (χ3n) is 3.83. The summed E-state index contributed by atoms with van der Waals surface area (Å²) < 4.78 is 0. The lowest BCUT2D eigenvalue weighted by molar-refractivity contribution is 0.143. The van der Waals surface area contributed by atoms with Crippen LogP contribution in [-0.4, -0.2) is 52.0 Å². The van der Waals surface area contributed by atoms with E-state index in [9.17, 15) is 4.79 Å². The second kappa shape index (κ2) is 7.06. The van der Waals surface area contributed by atoms with Crippen LogP contribution in [-0.2, 0) is 6.54 Å². The minimum atomic E-state index is -0.0728. The molecule has 0 radical (unpaired) electrons. The number of nitrogens with zero attached hydrogens (tertiary/aromatic N) is 4. The van der Waals surface area contributed by atoms with E-state index in [2.05, 4.69) is 20.2 Å². The Kier molecular flexibility index (Phi) is 4.88. The number of thiazole rings is 1. The third-order valence-corrected chi connectivity index (χ3v) is 4.73. The van der Waals surface area contributed by atoms with Crippen LogP contribution in [0.5, 0.6) is 0 Å². The molecule has 0 aromatic carbocycles. The molecule has 0 atom stereocenters. The quantitative estimate of drug-likeness (QED) is 0.939. The molecule has 1 aliphatic heterocycles. The molecular formula is C16H21N5OS. The summed E-state index contributed by atoms with van der Waals surface area (Å²) >= 11 is 1.74. The molecule has 0 saturated carbocycles. The van der Waals surface area contributed by atoms with Crippen molar-refractivity contribution in [2.24, 2.45) is 0 Å². The van der Waals surface area contributed by atoms with Gasteiger partial charge in [0.15, 0.2) is 0 Å². The first-order chi connectivity index (χ1) is 11.1. The van der Waals surface area contributed by atoms with Crippen LogP contribution >= 0.6 is 11.3 Å². The number of anilines is 1. The van der Waals surface area contributed by atoms with Crippen molar-refractivity contribution < 1.29 is 4.79 Å². The van der Waals surface area contributed by atoms with Crippen LogP contribution in [0.15, 0.2) is 24.4 Å². The topological polar surface area (TPSA) is 61.4 Å². The molecule has 6 nitrogen and oxygen atoms in total. The van der Waals surface area contributed by atoms with E-state index in [-0.39, 0.29) is 6.03 Å². The van der Waals surface area contributed by atoms with Crippen LogP contribution in [0.4, 0.5) is 10.6 Å². The van der Waals surface area contributed by atoms with E-state index in [4.69, 9.17) is 0 Å². The minimum Gasteiger partial charge on any atom is -0.322 e. The molecule has 0 spiro atoms. The van der Waals surface area contributed by atoms with Crippen molar-refractivity contribution in [1.29, 1.82) is 0 Å². The van der Waals surface area contributed by atoms with Crippen molar-refractivity contribution in [3.05, 3.63) is 40.0 Å². The fourth-order valence-electron chi connectivity index (χ4n) is 2.61. The van der Waals surface area contributed by atoms with Gasteiger partial charge in [-0.3, -0.25) is 10.2 Å². The predicted molar refractivity (Wildman–Crippen MR) is 91.7 cm³/mol. The van der Waals surface area contributed by atoms with E-state index in [1.807, 2.05) is 43.1 Å². The summed E-state index contributed by atoms with van der Waals surface area (Å²) in [7, 11) is 0. The molecule has 122 valence electrons. The molecular weight excluding hydrogens is 310 g/mol. The molecule has 2 aromatic heterocycles. The number of pyridine rings is 1. The zero-order chi connectivity index (χ0) is 16.2. The molecule has 1 N–H and O–H groups in total. The highest BCUT2D eigenvalue weighted by Gasteiger charge is 2.21. The highest BCUT2D eigenvalue weighted by molar-refractivity contribution is 7.11. The number of carbonyl (C=O) groups is 1. The molecule has 2 aromatic rings. The number of carbonyl (C=O) groups excluding carboxylic acids is 1.